The molecule has 3 rings (SSSR count). The molecule has 1 aliphatic heterocycles. The maximum Gasteiger partial charge on any atom is 0.416 e. The van der Waals surface area contributed by atoms with Gasteiger partial charge in [0.25, 0.3) is 0 Å². The molecule has 4 nitrogen and oxygen atoms in total. The summed E-state index contributed by atoms with van der Waals surface area (Å²) in [6.07, 6.45) is -4.43. The molecule has 2 amide bonds. The largest absolute Gasteiger partial charge is 0.416 e. The highest BCUT2D eigenvalue weighted by Crippen LogP contribution is 2.42. The molecule has 0 bridgehead atoms. The Morgan fingerprint density at radius 1 is 1.13 bits per heavy atom. The van der Waals surface area contributed by atoms with Crippen molar-refractivity contribution < 1.29 is 22.8 Å². The summed E-state index contributed by atoms with van der Waals surface area (Å²) >= 11 is 7.22. The number of amides is 2. The van der Waals surface area contributed by atoms with Crippen LogP contribution in [0.15, 0.2) is 48.5 Å². The second-order valence-electron chi connectivity index (χ2n) is 7.57. The van der Waals surface area contributed by atoms with Gasteiger partial charge in [-0.1, -0.05) is 12.1 Å². The first kappa shape index (κ1) is 22.5. The summed E-state index contributed by atoms with van der Waals surface area (Å²) in [5.41, 5.74) is 0.330. The highest BCUT2D eigenvalue weighted by atomic mass is 35.5. The highest BCUT2D eigenvalue weighted by molar-refractivity contribution is 8.00. The molecule has 0 radical (unpaired) electrons. The van der Waals surface area contributed by atoms with Crippen molar-refractivity contribution in [1.82, 2.24) is 0 Å². The summed E-state index contributed by atoms with van der Waals surface area (Å²) in [4.78, 5) is 26.2. The highest BCUT2D eigenvalue weighted by Gasteiger charge is 2.35. The smallest absolute Gasteiger partial charge is 0.326 e. The Balaban J connectivity index is 1.79. The fourth-order valence-electron chi connectivity index (χ4n) is 2.85. The number of halogens is 4. The van der Waals surface area contributed by atoms with E-state index in [0.29, 0.717) is 11.4 Å². The average molecular weight is 457 g/mol. The van der Waals surface area contributed by atoms with Crippen molar-refractivity contribution in [2.24, 2.45) is 5.41 Å². The number of nitrogens with zero attached hydrogens (tertiary/aromatic N) is 1. The van der Waals surface area contributed by atoms with Gasteiger partial charge < -0.3 is 5.32 Å². The van der Waals surface area contributed by atoms with Crippen molar-refractivity contribution in [2.45, 2.75) is 25.4 Å². The zero-order valence-electron chi connectivity index (χ0n) is 16.3. The predicted octanol–water partition coefficient (Wildman–Crippen LogP) is 5.69. The standard InChI is InChI=1S/C21H20ClF3N2O2S/c1-20(2,12-22)19(29)26-15-7-3-13(4-8-15)18-27(17(28)11-30-18)16-9-5-14(6-10-16)21(23,24)25/h3-10,18H,11-12H2,1-2H3,(H,26,29). The molecule has 1 fully saturated rings. The van der Waals surface area contributed by atoms with Crippen LogP contribution < -0.4 is 10.2 Å². The van der Waals surface area contributed by atoms with E-state index in [4.69, 9.17) is 11.6 Å². The van der Waals surface area contributed by atoms with E-state index in [2.05, 4.69) is 5.32 Å². The number of carbonyl (C=O) groups excluding carboxylic acids is 2. The topological polar surface area (TPSA) is 49.4 Å². The Morgan fingerprint density at radius 2 is 1.73 bits per heavy atom. The summed E-state index contributed by atoms with van der Waals surface area (Å²) in [5.74, 6) is 0.0292. The molecule has 2 aromatic carbocycles. The van der Waals surface area contributed by atoms with Crippen LogP contribution in [0.4, 0.5) is 24.5 Å². The minimum atomic E-state index is -4.43. The van der Waals surface area contributed by atoms with Crippen LogP contribution in [-0.2, 0) is 15.8 Å². The van der Waals surface area contributed by atoms with Crippen LogP contribution in [0.1, 0.15) is 30.3 Å². The van der Waals surface area contributed by atoms with E-state index in [1.165, 1.54) is 28.8 Å². The summed E-state index contributed by atoms with van der Waals surface area (Å²) < 4.78 is 38.5. The van der Waals surface area contributed by atoms with Gasteiger partial charge in [-0.05, 0) is 55.8 Å². The van der Waals surface area contributed by atoms with Crippen molar-refractivity contribution >= 4 is 46.6 Å². The molecule has 2 aromatic rings. The number of rotatable bonds is 5. The summed E-state index contributed by atoms with van der Waals surface area (Å²) in [7, 11) is 0. The molecule has 1 saturated heterocycles. The molecule has 1 heterocycles. The SMILES string of the molecule is CC(C)(CCl)C(=O)Nc1ccc(C2SCC(=O)N2c2ccc(C(F)(F)F)cc2)cc1. The van der Waals surface area contributed by atoms with Gasteiger partial charge in [0.2, 0.25) is 11.8 Å². The summed E-state index contributed by atoms with van der Waals surface area (Å²) in [6, 6.07) is 11.6. The van der Waals surface area contributed by atoms with E-state index < -0.39 is 17.2 Å². The quantitative estimate of drug-likeness (QED) is 0.588. The number of thioether (sulfide) groups is 1. The lowest BCUT2D eigenvalue weighted by molar-refractivity contribution is -0.137. The molecule has 1 aliphatic rings. The second kappa shape index (κ2) is 8.51. The average Bonchev–Trinajstić information content (AvgIpc) is 3.09. The van der Waals surface area contributed by atoms with E-state index in [9.17, 15) is 22.8 Å². The molecular formula is C21H20ClF3N2O2S. The van der Waals surface area contributed by atoms with Crippen LogP contribution in [0, 0.1) is 5.41 Å². The molecule has 0 spiro atoms. The third kappa shape index (κ3) is 4.75. The Morgan fingerprint density at radius 3 is 2.27 bits per heavy atom. The molecule has 1 atom stereocenters. The predicted molar refractivity (Wildman–Crippen MR) is 114 cm³/mol. The van der Waals surface area contributed by atoms with Gasteiger partial charge in [0.1, 0.15) is 5.37 Å². The molecule has 0 aliphatic carbocycles. The number of hydrogen-bond acceptors (Lipinski definition) is 3. The van der Waals surface area contributed by atoms with E-state index >= 15 is 0 Å². The maximum atomic E-state index is 12.8. The van der Waals surface area contributed by atoms with Gasteiger partial charge in [0.05, 0.1) is 16.7 Å². The number of nitrogens with one attached hydrogen (secondary N) is 1. The number of benzene rings is 2. The first-order valence-electron chi connectivity index (χ1n) is 9.11. The number of anilines is 2. The lowest BCUT2D eigenvalue weighted by Crippen LogP contribution is -2.32. The number of alkyl halides is 4. The Labute approximate surface area is 181 Å². The monoisotopic (exact) mass is 456 g/mol. The second-order valence-corrected chi connectivity index (χ2v) is 8.90. The Kier molecular flexibility index (Phi) is 6.38. The zero-order valence-corrected chi connectivity index (χ0v) is 17.9. The molecule has 30 heavy (non-hydrogen) atoms. The van der Waals surface area contributed by atoms with E-state index in [1.807, 2.05) is 0 Å². The number of carbonyl (C=O) groups is 2. The first-order valence-corrected chi connectivity index (χ1v) is 10.7. The van der Waals surface area contributed by atoms with Crippen molar-refractivity contribution in [3.8, 4) is 0 Å². The third-order valence-electron chi connectivity index (χ3n) is 4.74. The van der Waals surface area contributed by atoms with Gasteiger partial charge in [-0.15, -0.1) is 23.4 Å². The Hall–Kier alpha value is -2.19. The van der Waals surface area contributed by atoms with Gasteiger partial charge in [-0.2, -0.15) is 13.2 Å². The minimum Gasteiger partial charge on any atom is -0.326 e. The van der Waals surface area contributed by atoms with Gasteiger partial charge in [-0.25, -0.2) is 0 Å². The maximum absolute atomic E-state index is 12.8. The van der Waals surface area contributed by atoms with Gasteiger partial charge in [0.15, 0.2) is 0 Å². The van der Waals surface area contributed by atoms with E-state index in [0.717, 1.165) is 17.7 Å². The summed E-state index contributed by atoms with van der Waals surface area (Å²) in [6.45, 7) is 3.48. The van der Waals surface area contributed by atoms with Crippen molar-refractivity contribution in [2.75, 3.05) is 21.8 Å². The van der Waals surface area contributed by atoms with E-state index in [1.54, 1.807) is 38.1 Å². The van der Waals surface area contributed by atoms with Crippen molar-refractivity contribution in [3.05, 3.63) is 59.7 Å². The van der Waals surface area contributed by atoms with Gasteiger partial charge >= 0.3 is 6.18 Å². The van der Waals surface area contributed by atoms with Crippen LogP contribution in [0.3, 0.4) is 0 Å². The van der Waals surface area contributed by atoms with Crippen LogP contribution >= 0.6 is 23.4 Å². The molecule has 1 N–H and O–H groups in total. The van der Waals surface area contributed by atoms with Crippen molar-refractivity contribution in [3.63, 3.8) is 0 Å². The molecule has 0 aromatic heterocycles. The fourth-order valence-corrected chi connectivity index (χ4v) is 4.15. The lowest BCUT2D eigenvalue weighted by atomic mass is 9.95. The minimum absolute atomic E-state index is 0.175. The van der Waals surface area contributed by atoms with Crippen molar-refractivity contribution in [1.29, 1.82) is 0 Å². The van der Waals surface area contributed by atoms with Crippen LogP contribution in [0.2, 0.25) is 0 Å². The zero-order chi connectivity index (χ0) is 22.1. The molecule has 9 heteroatoms. The lowest BCUT2D eigenvalue weighted by Gasteiger charge is -2.25. The molecule has 1 unspecified atom stereocenters. The van der Waals surface area contributed by atoms with Gasteiger partial charge in [-0.3, -0.25) is 14.5 Å². The van der Waals surface area contributed by atoms with E-state index in [-0.39, 0.29) is 28.8 Å². The molecule has 0 saturated carbocycles. The van der Waals surface area contributed by atoms with Crippen LogP contribution in [-0.4, -0.2) is 23.4 Å². The van der Waals surface area contributed by atoms with Gasteiger partial charge in [0, 0.05) is 17.3 Å². The molecular weight excluding hydrogens is 437 g/mol. The Bertz CT molecular complexity index is 931. The van der Waals surface area contributed by atoms with Crippen LogP contribution in [0.25, 0.3) is 0 Å². The van der Waals surface area contributed by atoms with Crippen LogP contribution in [0.5, 0.6) is 0 Å². The first-order chi connectivity index (χ1) is 14.0. The summed E-state index contributed by atoms with van der Waals surface area (Å²) in [5, 5.41) is 2.44. The molecule has 160 valence electrons. The number of hydrogen-bond donors (Lipinski definition) is 1. The third-order valence-corrected chi connectivity index (χ3v) is 6.62. The normalized spacial score (nSPS) is 17.3. The fraction of sp³-hybridized carbons (Fsp3) is 0.333.